The molecule has 0 spiro atoms. The van der Waals surface area contributed by atoms with Crippen molar-refractivity contribution in [2.24, 2.45) is 10.9 Å². The molecule has 2 heterocycles. The lowest BCUT2D eigenvalue weighted by molar-refractivity contribution is -0.137. The molecule has 0 aromatic heterocycles. The average molecular weight is 452 g/mol. The number of carbonyl (C=O) groups excluding carboxylic acids is 1. The first-order valence-electron chi connectivity index (χ1n) is 10.5. The number of hydrogen-bond acceptors (Lipinski definition) is 5. The molecule has 2 atom stereocenters. The third-order valence-electron chi connectivity index (χ3n) is 5.97. The predicted molar refractivity (Wildman–Crippen MR) is 122 cm³/mol. The molecule has 4 rings (SSSR count). The first-order chi connectivity index (χ1) is 15.3. The monoisotopic (exact) mass is 451 g/mol. The Hall–Kier alpha value is -2.99. The van der Waals surface area contributed by atoms with E-state index in [4.69, 9.17) is 4.55 Å². The van der Waals surface area contributed by atoms with Gasteiger partial charge in [0, 0.05) is 24.4 Å². The van der Waals surface area contributed by atoms with Gasteiger partial charge in [-0.2, -0.15) is 8.42 Å². The molecule has 2 unspecified atom stereocenters. The number of benzene rings is 2. The maximum atomic E-state index is 13.3. The fourth-order valence-electron chi connectivity index (χ4n) is 4.08. The predicted octanol–water partition coefficient (Wildman–Crippen LogP) is 2.61. The zero-order valence-electron chi connectivity index (χ0n) is 17.8. The summed E-state index contributed by atoms with van der Waals surface area (Å²) in [6.07, 6.45) is 0.759. The molecule has 2 aliphatic rings. The zero-order valence-corrected chi connectivity index (χ0v) is 18.6. The molecule has 0 aliphatic carbocycles. The second-order valence-electron chi connectivity index (χ2n) is 8.02. The fourth-order valence-corrected chi connectivity index (χ4v) is 4.56. The van der Waals surface area contributed by atoms with Crippen molar-refractivity contribution in [1.82, 2.24) is 9.80 Å². The largest absolute Gasteiger partial charge is 0.316 e. The zero-order chi connectivity index (χ0) is 22.7. The number of likely N-dealkylation sites (tertiary alicyclic amines) is 1. The lowest BCUT2D eigenvalue weighted by Crippen LogP contribution is -2.52. The Labute approximate surface area is 188 Å². The molecule has 8 heteroatoms. The number of amides is 1. The Morgan fingerprint density at radius 1 is 1.16 bits per heavy atom. The van der Waals surface area contributed by atoms with Crippen molar-refractivity contribution >= 4 is 21.7 Å². The summed E-state index contributed by atoms with van der Waals surface area (Å²) in [6.45, 7) is 4.20. The highest BCUT2D eigenvalue weighted by Gasteiger charge is 2.38. The van der Waals surface area contributed by atoms with Crippen molar-refractivity contribution in [3.8, 4) is 11.8 Å². The summed E-state index contributed by atoms with van der Waals surface area (Å²) in [5, 5.41) is 0. The van der Waals surface area contributed by atoms with Gasteiger partial charge in [0.2, 0.25) is 5.91 Å². The molecule has 0 radical (unpaired) electrons. The highest BCUT2D eigenvalue weighted by molar-refractivity contribution is 7.85. The molecule has 1 amide bonds. The van der Waals surface area contributed by atoms with Crippen molar-refractivity contribution in [3.05, 3.63) is 65.7 Å². The van der Waals surface area contributed by atoms with Crippen LogP contribution >= 0.6 is 0 Å². The van der Waals surface area contributed by atoms with Gasteiger partial charge >= 0.3 is 0 Å². The summed E-state index contributed by atoms with van der Waals surface area (Å²) in [6, 6.07) is 15.5. The Bertz CT molecular complexity index is 1180. The summed E-state index contributed by atoms with van der Waals surface area (Å²) >= 11 is 0. The molecule has 0 saturated carbocycles. The van der Waals surface area contributed by atoms with Crippen LogP contribution in [-0.2, 0) is 14.9 Å². The van der Waals surface area contributed by atoms with Crippen molar-refractivity contribution in [2.45, 2.75) is 24.3 Å². The van der Waals surface area contributed by atoms with Crippen LogP contribution < -0.4 is 0 Å². The Balaban J connectivity index is 1.43. The topological polar surface area (TPSA) is 90.3 Å². The molecule has 1 saturated heterocycles. The molecule has 1 fully saturated rings. The molecule has 2 aromatic carbocycles. The molecule has 2 aromatic rings. The Kier molecular flexibility index (Phi) is 6.42. The van der Waals surface area contributed by atoms with Crippen molar-refractivity contribution < 1.29 is 17.8 Å². The van der Waals surface area contributed by atoms with Crippen molar-refractivity contribution in [1.29, 1.82) is 0 Å². The van der Waals surface area contributed by atoms with E-state index in [1.54, 1.807) is 17.0 Å². The normalized spacial score (nSPS) is 20.1. The van der Waals surface area contributed by atoms with Crippen LogP contribution in [-0.4, -0.2) is 60.7 Å². The van der Waals surface area contributed by atoms with E-state index in [0.717, 1.165) is 29.8 Å². The first-order valence-corrected chi connectivity index (χ1v) is 11.9. The van der Waals surface area contributed by atoms with E-state index in [0.29, 0.717) is 19.8 Å². The molecular formula is C24H25N3O4S. The lowest BCUT2D eigenvalue weighted by atomic mass is 9.91. The van der Waals surface area contributed by atoms with Gasteiger partial charge in [-0.15, -0.1) is 0 Å². The van der Waals surface area contributed by atoms with Crippen molar-refractivity contribution in [2.75, 3.05) is 26.3 Å². The fraction of sp³-hybridized carbons (Fsp3) is 0.333. The number of carbonyl (C=O) groups is 1. The average Bonchev–Trinajstić information content (AvgIpc) is 2.79. The van der Waals surface area contributed by atoms with Gasteiger partial charge < -0.3 is 4.90 Å². The van der Waals surface area contributed by atoms with Crippen LogP contribution in [0.3, 0.4) is 0 Å². The van der Waals surface area contributed by atoms with Gasteiger partial charge in [0.15, 0.2) is 0 Å². The van der Waals surface area contributed by atoms with E-state index in [9.17, 15) is 13.2 Å². The quantitative estimate of drug-likeness (QED) is 0.570. The second kappa shape index (κ2) is 9.25. The van der Waals surface area contributed by atoms with Crippen molar-refractivity contribution in [3.63, 3.8) is 0 Å². The highest BCUT2D eigenvalue weighted by atomic mass is 32.2. The van der Waals surface area contributed by atoms with E-state index >= 15 is 0 Å². The number of piperidine rings is 1. The van der Waals surface area contributed by atoms with Gasteiger partial charge in [-0.3, -0.25) is 19.2 Å². The molecular weight excluding hydrogens is 426 g/mol. The Morgan fingerprint density at radius 3 is 2.56 bits per heavy atom. The highest BCUT2D eigenvalue weighted by Crippen LogP contribution is 2.28. The maximum Gasteiger partial charge on any atom is 0.294 e. The van der Waals surface area contributed by atoms with Gasteiger partial charge in [-0.1, -0.05) is 42.2 Å². The molecule has 0 bridgehead atoms. The third kappa shape index (κ3) is 4.91. The van der Waals surface area contributed by atoms with E-state index in [-0.39, 0.29) is 22.8 Å². The number of rotatable bonds is 4. The number of aliphatic imine (C=N–C) groups is 1. The standard InChI is InChI=1S/C24H25N3O4S/c1-18(20-9-11-21(12-10-20)32(29,30)31)27-17-25-23-13-15-26(16-22(23)24(27)28)14-5-8-19-6-3-2-4-7-19/h2-4,6-7,9-12,18,22H,13-17H2,1H3,(H,29,30,31). The van der Waals surface area contributed by atoms with Gasteiger partial charge in [0.1, 0.15) is 6.67 Å². The third-order valence-corrected chi connectivity index (χ3v) is 6.84. The molecule has 7 nitrogen and oxygen atoms in total. The Morgan fingerprint density at radius 2 is 1.88 bits per heavy atom. The minimum Gasteiger partial charge on any atom is -0.316 e. The van der Waals surface area contributed by atoms with Crippen LogP contribution in [0, 0.1) is 17.8 Å². The van der Waals surface area contributed by atoms with E-state index < -0.39 is 10.1 Å². The van der Waals surface area contributed by atoms with Gasteiger partial charge in [-0.05, 0) is 43.2 Å². The number of hydrogen-bond donors (Lipinski definition) is 1. The molecule has 166 valence electrons. The maximum absolute atomic E-state index is 13.3. The lowest BCUT2D eigenvalue weighted by Gasteiger charge is -2.40. The van der Waals surface area contributed by atoms with E-state index in [1.807, 2.05) is 37.3 Å². The van der Waals surface area contributed by atoms with Crippen LogP contribution in [0.15, 0.2) is 64.5 Å². The summed E-state index contributed by atoms with van der Waals surface area (Å²) in [4.78, 5) is 21.7. The molecule has 32 heavy (non-hydrogen) atoms. The summed E-state index contributed by atoms with van der Waals surface area (Å²) in [7, 11) is -4.25. The van der Waals surface area contributed by atoms with Crippen LogP contribution in [0.4, 0.5) is 0 Å². The minimum atomic E-state index is -4.25. The second-order valence-corrected chi connectivity index (χ2v) is 9.45. The van der Waals surface area contributed by atoms with Crippen LogP contribution in [0.25, 0.3) is 0 Å². The van der Waals surface area contributed by atoms with Crippen LogP contribution in [0.2, 0.25) is 0 Å². The van der Waals surface area contributed by atoms with Gasteiger partial charge in [0.25, 0.3) is 10.1 Å². The molecule has 2 aliphatic heterocycles. The number of nitrogens with zero attached hydrogens (tertiary/aromatic N) is 3. The smallest absolute Gasteiger partial charge is 0.294 e. The van der Waals surface area contributed by atoms with E-state index in [1.165, 1.54) is 12.1 Å². The van der Waals surface area contributed by atoms with Crippen LogP contribution in [0.1, 0.15) is 30.5 Å². The summed E-state index contributed by atoms with van der Waals surface area (Å²) in [5.41, 5.74) is 2.71. The van der Waals surface area contributed by atoms with Gasteiger partial charge in [0.05, 0.1) is 23.4 Å². The summed E-state index contributed by atoms with van der Waals surface area (Å²) < 4.78 is 31.7. The SMILES string of the molecule is CC(c1ccc(S(=O)(=O)O)cc1)N1CN=C2CCN(CC#Cc3ccccc3)CC2C1=O. The van der Waals surface area contributed by atoms with Gasteiger partial charge in [-0.25, -0.2) is 0 Å². The number of fused-ring (bicyclic) bond motifs is 1. The summed E-state index contributed by atoms with van der Waals surface area (Å²) in [5.74, 6) is 6.11. The van der Waals surface area contributed by atoms with Crippen LogP contribution in [0.5, 0.6) is 0 Å². The van der Waals surface area contributed by atoms with E-state index in [2.05, 4.69) is 21.7 Å². The molecule has 1 N–H and O–H groups in total. The minimum absolute atomic E-state index is 0.0297. The first kappa shape index (κ1) is 22.2.